The highest BCUT2D eigenvalue weighted by atomic mass is 16.5. The summed E-state index contributed by atoms with van der Waals surface area (Å²) in [5, 5.41) is 0. The fourth-order valence-electron chi connectivity index (χ4n) is 3.20. The van der Waals surface area contributed by atoms with Gasteiger partial charge in [0.2, 0.25) is 0 Å². The molecule has 0 aliphatic carbocycles. The van der Waals surface area contributed by atoms with E-state index in [0.717, 1.165) is 17.6 Å². The predicted octanol–water partition coefficient (Wildman–Crippen LogP) is 2.48. The Morgan fingerprint density at radius 2 is 2.36 bits per heavy atom. The topological polar surface area (TPSA) is 58.2 Å². The molecule has 118 valence electrons. The Hall–Kier alpha value is -1.88. The van der Waals surface area contributed by atoms with Gasteiger partial charge in [0, 0.05) is 6.54 Å². The Labute approximate surface area is 130 Å². The van der Waals surface area contributed by atoms with Crippen molar-refractivity contribution in [2.24, 2.45) is 0 Å². The van der Waals surface area contributed by atoms with Crippen LogP contribution < -0.4 is 0 Å². The summed E-state index contributed by atoms with van der Waals surface area (Å²) < 4.78 is 4.97. The van der Waals surface area contributed by atoms with Crippen LogP contribution >= 0.6 is 0 Å². The summed E-state index contributed by atoms with van der Waals surface area (Å²) in [5.41, 5.74) is 3.27. The van der Waals surface area contributed by atoms with E-state index in [4.69, 9.17) is 4.74 Å². The summed E-state index contributed by atoms with van der Waals surface area (Å²) in [7, 11) is 2.18. The van der Waals surface area contributed by atoms with Crippen LogP contribution in [0.4, 0.5) is 0 Å². The monoisotopic (exact) mass is 301 g/mol. The number of hydrogen-bond donors (Lipinski definition) is 1. The Balaban J connectivity index is 1.79. The molecule has 1 fully saturated rings. The maximum Gasteiger partial charge on any atom is 0.313 e. The van der Waals surface area contributed by atoms with Crippen molar-refractivity contribution in [2.75, 3.05) is 26.7 Å². The van der Waals surface area contributed by atoms with Crippen LogP contribution in [-0.2, 0) is 16.0 Å². The number of nitrogens with one attached hydrogen (secondary N) is 1. The van der Waals surface area contributed by atoms with Gasteiger partial charge in [0.05, 0.1) is 17.6 Å². The van der Waals surface area contributed by atoms with E-state index in [9.17, 15) is 4.79 Å². The fraction of sp³-hybridized carbons (Fsp3) is 0.529. The number of likely N-dealkylation sites (N-methyl/N-ethyl adjacent to an activating group) is 1. The molecule has 5 nitrogen and oxygen atoms in total. The van der Waals surface area contributed by atoms with E-state index in [1.54, 1.807) is 0 Å². The summed E-state index contributed by atoms with van der Waals surface area (Å²) in [6.45, 7) is 4.50. The maximum atomic E-state index is 11.6. The molecule has 1 atom stereocenters. The number of carbonyl (C=O) groups is 1. The molecule has 1 aromatic heterocycles. The number of ether oxygens (including phenoxy) is 1. The van der Waals surface area contributed by atoms with Crippen LogP contribution in [0.2, 0.25) is 0 Å². The molecule has 0 radical (unpaired) electrons. The summed E-state index contributed by atoms with van der Waals surface area (Å²) in [6, 6.07) is 6.40. The largest absolute Gasteiger partial charge is 0.466 e. The number of fused-ring (bicyclic) bond motifs is 1. The van der Waals surface area contributed by atoms with Gasteiger partial charge in [0.25, 0.3) is 0 Å². The number of likely N-dealkylation sites (tertiary alicyclic amines) is 1. The first-order valence-electron chi connectivity index (χ1n) is 7.98. The first-order valence-corrected chi connectivity index (χ1v) is 7.98. The predicted molar refractivity (Wildman–Crippen MR) is 85.9 cm³/mol. The van der Waals surface area contributed by atoms with Crippen molar-refractivity contribution in [2.45, 2.75) is 32.1 Å². The van der Waals surface area contributed by atoms with Gasteiger partial charge in [0.15, 0.2) is 0 Å². The van der Waals surface area contributed by atoms with Gasteiger partial charge in [0.1, 0.15) is 12.2 Å². The SMILES string of the molecule is CCOC(=O)Cc1nc2ccc(C3CCCN(C)C3)cc2[nH]1. The third-order valence-electron chi connectivity index (χ3n) is 4.27. The van der Waals surface area contributed by atoms with Crippen LogP contribution in [0.3, 0.4) is 0 Å². The zero-order valence-electron chi connectivity index (χ0n) is 13.3. The van der Waals surface area contributed by atoms with Crippen LogP contribution in [0.1, 0.15) is 37.1 Å². The van der Waals surface area contributed by atoms with Crippen molar-refractivity contribution in [1.29, 1.82) is 0 Å². The van der Waals surface area contributed by atoms with Gasteiger partial charge in [-0.15, -0.1) is 0 Å². The summed E-state index contributed by atoms with van der Waals surface area (Å²) in [6.07, 6.45) is 2.68. The van der Waals surface area contributed by atoms with Crippen LogP contribution in [0.25, 0.3) is 11.0 Å². The molecule has 2 heterocycles. The molecule has 3 rings (SSSR count). The van der Waals surface area contributed by atoms with E-state index >= 15 is 0 Å². The van der Waals surface area contributed by atoms with E-state index in [2.05, 4.69) is 34.0 Å². The Morgan fingerprint density at radius 1 is 1.50 bits per heavy atom. The lowest BCUT2D eigenvalue weighted by Crippen LogP contribution is -2.30. The van der Waals surface area contributed by atoms with Gasteiger partial charge in [-0.05, 0) is 57.0 Å². The number of aromatic nitrogens is 2. The zero-order valence-corrected chi connectivity index (χ0v) is 13.3. The molecule has 1 aromatic carbocycles. The Morgan fingerprint density at radius 3 is 3.14 bits per heavy atom. The molecule has 0 amide bonds. The standard InChI is InChI=1S/C17H23N3O2/c1-3-22-17(21)10-16-18-14-7-6-12(9-15(14)19-16)13-5-4-8-20(2)11-13/h6-7,9,13H,3-5,8,10-11H2,1-2H3,(H,18,19). The Bertz CT molecular complexity index is 665. The van der Waals surface area contributed by atoms with Crippen LogP contribution in [-0.4, -0.2) is 47.6 Å². The van der Waals surface area contributed by atoms with Gasteiger partial charge < -0.3 is 14.6 Å². The van der Waals surface area contributed by atoms with Crippen LogP contribution in [0, 0.1) is 0 Å². The van der Waals surface area contributed by atoms with Gasteiger partial charge in [-0.3, -0.25) is 4.79 Å². The number of H-pyrrole nitrogens is 1. The molecule has 2 aromatic rings. The van der Waals surface area contributed by atoms with Gasteiger partial charge >= 0.3 is 5.97 Å². The first kappa shape index (κ1) is 15.0. The second-order valence-corrected chi connectivity index (χ2v) is 6.04. The van der Waals surface area contributed by atoms with Gasteiger partial charge in [-0.1, -0.05) is 6.07 Å². The number of carbonyl (C=O) groups excluding carboxylic acids is 1. The van der Waals surface area contributed by atoms with Crippen molar-refractivity contribution in [3.05, 3.63) is 29.6 Å². The second kappa shape index (κ2) is 6.48. The van der Waals surface area contributed by atoms with Crippen LogP contribution in [0.15, 0.2) is 18.2 Å². The van der Waals surface area contributed by atoms with Crippen molar-refractivity contribution in [1.82, 2.24) is 14.9 Å². The molecule has 0 spiro atoms. The molecule has 0 saturated carbocycles. The molecule has 1 aliphatic rings. The lowest BCUT2D eigenvalue weighted by molar-refractivity contribution is -0.142. The number of nitrogens with zero attached hydrogens (tertiary/aromatic N) is 2. The van der Waals surface area contributed by atoms with Crippen molar-refractivity contribution in [3.8, 4) is 0 Å². The third-order valence-corrected chi connectivity index (χ3v) is 4.27. The lowest BCUT2D eigenvalue weighted by atomic mass is 9.91. The lowest BCUT2D eigenvalue weighted by Gasteiger charge is -2.29. The molecule has 1 N–H and O–H groups in total. The summed E-state index contributed by atoms with van der Waals surface area (Å²) >= 11 is 0. The highest BCUT2D eigenvalue weighted by Crippen LogP contribution is 2.28. The average molecular weight is 301 g/mol. The highest BCUT2D eigenvalue weighted by Gasteiger charge is 2.19. The molecule has 1 unspecified atom stereocenters. The minimum absolute atomic E-state index is 0.198. The molecule has 1 saturated heterocycles. The zero-order chi connectivity index (χ0) is 15.5. The van der Waals surface area contributed by atoms with Gasteiger partial charge in [-0.25, -0.2) is 4.98 Å². The molecule has 1 aliphatic heterocycles. The van der Waals surface area contributed by atoms with Gasteiger partial charge in [-0.2, -0.15) is 0 Å². The van der Waals surface area contributed by atoms with E-state index < -0.39 is 0 Å². The van der Waals surface area contributed by atoms with E-state index in [1.165, 1.54) is 24.9 Å². The van der Waals surface area contributed by atoms with E-state index in [1.807, 2.05) is 13.0 Å². The number of imidazole rings is 1. The number of rotatable bonds is 4. The maximum absolute atomic E-state index is 11.6. The fourth-order valence-corrected chi connectivity index (χ4v) is 3.20. The molecule has 22 heavy (non-hydrogen) atoms. The second-order valence-electron chi connectivity index (χ2n) is 6.04. The minimum atomic E-state index is -0.240. The van der Waals surface area contributed by atoms with E-state index in [0.29, 0.717) is 18.3 Å². The van der Waals surface area contributed by atoms with E-state index in [-0.39, 0.29) is 12.4 Å². The molecule has 5 heteroatoms. The average Bonchev–Trinajstić information content (AvgIpc) is 2.88. The summed E-state index contributed by atoms with van der Waals surface area (Å²) in [5.74, 6) is 1.02. The van der Waals surface area contributed by atoms with Crippen LogP contribution in [0.5, 0.6) is 0 Å². The number of piperidine rings is 1. The number of aromatic amines is 1. The molecular weight excluding hydrogens is 278 g/mol. The van der Waals surface area contributed by atoms with Crippen molar-refractivity contribution < 1.29 is 9.53 Å². The minimum Gasteiger partial charge on any atom is -0.466 e. The Kier molecular flexibility index (Phi) is 4.43. The van der Waals surface area contributed by atoms with Crippen molar-refractivity contribution >= 4 is 17.0 Å². The quantitative estimate of drug-likeness (QED) is 0.881. The number of hydrogen-bond acceptors (Lipinski definition) is 4. The third kappa shape index (κ3) is 3.30. The normalized spacial score (nSPS) is 19.5. The molecule has 0 bridgehead atoms. The highest BCUT2D eigenvalue weighted by molar-refractivity contribution is 5.78. The van der Waals surface area contributed by atoms with Crippen molar-refractivity contribution in [3.63, 3.8) is 0 Å². The number of esters is 1. The smallest absolute Gasteiger partial charge is 0.313 e. The number of benzene rings is 1. The molecular formula is C17H23N3O2. The summed E-state index contributed by atoms with van der Waals surface area (Å²) in [4.78, 5) is 21.7. The first-order chi connectivity index (χ1) is 10.7.